The average molecular weight is 531 g/mol. The van der Waals surface area contributed by atoms with Gasteiger partial charge in [0, 0.05) is 37.3 Å². The van der Waals surface area contributed by atoms with E-state index in [-0.39, 0.29) is 22.1 Å². The van der Waals surface area contributed by atoms with E-state index in [4.69, 9.17) is 4.74 Å². The molecule has 1 unspecified atom stereocenters. The lowest BCUT2D eigenvalue weighted by Crippen LogP contribution is -2.51. The number of benzene rings is 3. The normalized spacial score (nSPS) is 19.0. The van der Waals surface area contributed by atoms with Crippen LogP contribution < -0.4 is 10.2 Å². The van der Waals surface area contributed by atoms with Gasteiger partial charge in [-0.1, -0.05) is 54.6 Å². The molecule has 1 aliphatic carbocycles. The van der Waals surface area contributed by atoms with E-state index < -0.39 is 16.4 Å². The van der Waals surface area contributed by atoms with Crippen molar-refractivity contribution in [2.24, 2.45) is 4.40 Å². The number of nitrogens with zero attached hydrogens (tertiary/aromatic N) is 3. The van der Waals surface area contributed by atoms with Crippen LogP contribution in [0.15, 0.2) is 93.9 Å². The third kappa shape index (κ3) is 4.52. The molecule has 0 amide bonds. The second-order valence-electron chi connectivity index (χ2n) is 9.31. The summed E-state index contributed by atoms with van der Waals surface area (Å²) in [6, 6.07) is 22.0. The number of carbonyl (C=O) groups excluding carboxylic acids is 1. The summed E-state index contributed by atoms with van der Waals surface area (Å²) >= 11 is 0. The van der Waals surface area contributed by atoms with E-state index in [1.54, 1.807) is 12.1 Å². The number of aliphatic hydroxyl groups is 1. The Morgan fingerprint density at radius 1 is 0.947 bits per heavy atom. The van der Waals surface area contributed by atoms with Crippen molar-refractivity contribution < 1.29 is 23.1 Å². The first-order valence-electron chi connectivity index (χ1n) is 12.3. The summed E-state index contributed by atoms with van der Waals surface area (Å²) in [5.74, 6) is -0.281. The number of anilines is 2. The molecule has 6 rings (SSSR count). The topological polar surface area (TPSA) is 112 Å². The van der Waals surface area contributed by atoms with Gasteiger partial charge in [-0.3, -0.25) is 9.69 Å². The number of ether oxygens (including phenoxy) is 1. The number of rotatable bonds is 7. The number of ketones is 1. The largest absolute Gasteiger partial charge is 0.367 e. The molecule has 3 aromatic rings. The molecule has 0 spiro atoms. The lowest BCUT2D eigenvalue weighted by atomic mass is 9.92. The van der Waals surface area contributed by atoms with Gasteiger partial charge < -0.3 is 20.1 Å². The van der Waals surface area contributed by atoms with Crippen LogP contribution in [0.5, 0.6) is 0 Å². The number of sulfonamides is 1. The zero-order valence-electron chi connectivity index (χ0n) is 20.4. The number of hydrogen-bond donors (Lipinski definition) is 2. The summed E-state index contributed by atoms with van der Waals surface area (Å²) in [5, 5.41) is 13.8. The molecule has 2 aliphatic heterocycles. The Labute approximate surface area is 220 Å². The molecule has 1 fully saturated rings. The molecule has 38 heavy (non-hydrogen) atoms. The molecule has 3 aromatic carbocycles. The van der Waals surface area contributed by atoms with Crippen LogP contribution in [0.1, 0.15) is 21.5 Å². The van der Waals surface area contributed by atoms with E-state index in [2.05, 4.69) is 14.6 Å². The van der Waals surface area contributed by atoms with Crippen molar-refractivity contribution in [3.8, 4) is 0 Å². The van der Waals surface area contributed by atoms with Gasteiger partial charge in [0.1, 0.15) is 0 Å². The van der Waals surface area contributed by atoms with Crippen molar-refractivity contribution in [2.75, 3.05) is 36.4 Å². The quantitative estimate of drug-likeness (QED) is 0.449. The van der Waals surface area contributed by atoms with Gasteiger partial charge in [0.2, 0.25) is 12.2 Å². The number of piperazine rings is 1. The van der Waals surface area contributed by atoms with Gasteiger partial charge in [-0.25, -0.2) is 0 Å². The Bertz CT molecular complexity index is 1560. The molecular weight excluding hydrogens is 504 g/mol. The first-order chi connectivity index (χ1) is 18.4. The zero-order chi connectivity index (χ0) is 26.3. The third-order valence-corrected chi connectivity index (χ3v) is 8.26. The van der Waals surface area contributed by atoms with Crippen molar-refractivity contribution in [2.45, 2.75) is 17.9 Å². The Morgan fingerprint density at radius 3 is 2.47 bits per heavy atom. The fourth-order valence-corrected chi connectivity index (χ4v) is 6.22. The molecule has 0 bridgehead atoms. The van der Waals surface area contributed by atoms with E-state index in [0.29, 0.717) is 43.9 Å². The zero-order valence-corrected chi connectivity index (χ0v) is 21.3. The van der Waals surface area contributed by atoms with E-state index in [0.717, 1.165) is 16.9 Å². The van der Waals surface area contributed by atoms with Gasteiger partial charge in [-0.2, -0.15) is 12.8 Å². The average Bonchev–Trinajstić information content (AvgIpc) is 3.21. The highest BCUT2D eigenvalue weighted by molar-refractivity contribution is 7.90. The van der Waals surface area contributed by atoms with Gasteiger partial charge in [0.25, 0.3) is 10.0 Å². The highest BCUT2D eigenvalue weighted by Gasteiger charge is 2.36. The molecule has 1 saturated heterocycles. The minimum atomic E-state index is -3.81. The summed E-state index contributed by atoms with van der Waals surface area (Å²) in [6.45, 7) is 2.81. The third-order valence-electron chi connectivity index (χ3n) is 6.93. The maximum atomic E-state index is 13.3. The minimum Gasteiger partial charge on any atom is -0.367 e. The molecule has 1 atom stereocenters. The van der Waals surface area contributed by atoms with E-state index in [1.807, 2.05) is 59.5 Å². The summed E-state index contributed by atoms with van der Waals surface area (Å²) in [7, 11) is -3.81. The summed E-state index contributed by atoms with van der Waals surface area (Å²) in [5.41, 5.74) is 3.86. The van der Waals surface area contributed by atoms with Crippen LogP contribution in [0.2, 0.25) is 0 Å². The number of carbonyl (C=O) groups is 1. The predicted molar refractivity (Wildman–Crippen MR) is 144 cm³/mol. The van der Waals surface area contributed by atoms with Crippen LogP contribution in [-0.4, -0.2) is 62.5 Å². The lowest BCUT2D eigenvalue weighted by molar-refractivity contribution is -0.200. The molecule has 2 heterocycles. The number of Topliss-reactive ketones (excluding diaryl/α,β-unsaturated/α-hetero) is 1. The van der Waals surface area contributed by atoms with Crippen molar-refractivity contribution in [1.29, 1.82) is 0 Å². The lowest BCUT2D eigenvalue weighted by Gasteiger charge is -2.38. The van der Waals surface area contributed by atoms with E-state index in [9.17, 15) is 18.3 Å². The van der Waals surface area contributed by atoms with Crippen molar-refractivity contribution in [3.05, 3.63) is 101 Å². The molecule has 2 N–H and O–H groups in total. The van der Waals surface area contributed by atoms with Crippen molar-refractivity contribution in [1.82, 2.24) is 4.90 Å². The molecule has 0 aromatic heterocycles. The highest BCUT2D eigenvalue weighted by Crippen LogP contribution is 2.35. The fourth-order valence-electron chi connectivity index (χ4n) is 5.00. The molecule has 9 nitrogen and oxygen atoms in total. The second-order valence-corrected chi connectivity index (χ2v) is 10.9. The van der Waals surface area contributed by atoms with Gasteiger partial charge in [0.15, 0.2) is 0 Å². The number of nitrogens with one attached hydrogen (secondary N) is 1. The van der Waals surface area contributed by atoms with Crippen molar-refractivity contribution >= 4 is 32.9 Å². The second kappa shape index (κ2) is 9.80. The van der Waals surface area contributed by atoms with Gasteiger partial charge >= 0.3 is 0 Å². The Hall–Kier alpha value is -3.83. The first kappa shape index (κ1) is 24.5. The first-order valence-corrected chi connectivity index (χ1v) is 13.8. The summed E-state index contributed by atoms with van der Waals surface area (Å²) < 4.78 is 34.4. The molecule has 0 radical (unpaired) electrons. The van der Waals surface area contributed by atoms with E-state index in [1.165, 1.54) is 12.1 Å². The molecule has 3 aliphatic rings. The Balaban J connectivity index is 1.16. The summed E-state index contributed by atoms with van der Waals surface area (Å²) in [4.78, 5) is 17.4. The van der Waals surface area contributed by atoms with E-state index >= 15 is 0 Å². The predicted octanol–water partition coefficient (Wildman–Crippen LogP) is 2.99. The number of para-hydroxylation sites is 2. The SMILES string of the molecule is O=C1C(Nc2ccccc2N2CCN(C(O)OCc3ccccc3)CC2)=CC2=NS(=O)(=O)c3cccc1c32. The number of allylic oxidation sites excluding steroid dienone is 2. The van der Waals surface area contributed by atoms with Crippen LogP contribution in [0.4, 0.5) is 11.4 Å². The standard InChI is InChI=1S/C28H26N4O5S/c33-27-20-9-6-12-25-26(20)22(30-38(25,35)36)17-23(27)29-21-10-4-5-11-24(21)31-13-15-32(16-14-31)28(34)37-18-19-7-2-1-3-8-19/h1-12,17,28-29,34H,13-16,18H2. The van der Waals surface area contributed by atoms with Gasteiger partial charge in [0.05, 0.1) is 34.3 Å². The summed E-state index contributed by atoms with van der Waals surface area (Å²) in [6.07, 6.45) is 0.512. The molecular formula is C28H26N4O5S. The van der Waals surface area contributed by atoms with Crippen LogP contribution in [0.3, 0.4) is 0 Å². The number of aliphatic hydroxyl groups excluding tert-OH is 1. The molecule has 194 valence electrons. The maximum Gasteiger partial charge on any atom is 0.283 e. The molecule has 0 saturated carbocycles. The number of hydrogen-bond acceptors (Lipinski definition) is 8. The Morgan fingerprint density at radius 2 is 1.68 bits per heavy atom. The van der Waals surface area contributed by atoms with Gasteiger partial charge in [-0.15, -0.1) is 0 Å². The maximum absolute atomic E-state index is 13.3. The molecule has 10 heteroatoms. The fraction of sp³-hybridized carbons (Fsp3) is 0.214. The van der Waals surface area contributed by atoms with Crippen molar-refractivity contribution in [3.63, 3.8) is 0 Å². The Kier molecular flexibility index (Phi) is 6.32. The highest BCUT2D eigenvalue weighted by atomic mass is 32.2. The smallest absolute Gasteiger partial charge is 0.283 e. The monoisotopic (exact) mass is 530 g/mol. The minimum absolute atomic E-state index is 0.0712. The van der Waals surface area contributed by atoms with Crippen LogP contribution in [-0.2, 0) is 21.4 Å². The van der Waals surface area contributed by atoms with Crippen LogP contribution >= 0.6 is 0 Å². The van der Waals surface area contributed by atoms with Crippen LogP contribution in [0, 0.1) is 0 Å². The van der Waals surface area contributed by atoms with Gasteiger partial charge in [-0.05, 0) is 29.8 Å². The van der Waals surface area contributed by atoms with Crippen LogP contribution in [0.25, 0.3) is 0 Å².